The Hall–Kier alpha value is -0.650. The highest BCUT2D eigenvalue weighted by Crippen LogP contribution is 2.68. The van der Waals surface area contributed by atoms with Gasteiger partial charge in [-0.3, -0.25) is 4.79 Å². The molecule has 0 heterocycles. The first kappa shape index (κ1) is 22.5. The van der Waals surface area contributed by atoms with Crippen molar-refractivity contribution in [1.82, 2.24) is 0 Å². The minimum atomic E-state index is -0.338. The highest BCUT2D eigenvalue weighted by atomic mass is 16.5. The van der Waals surface area contributed by atoms with E-state index in [9.17, 15) is 15.0 Å². The molecule has 5 heteroatoms. The standard InChI is InChI=1S/C25H43NO4/c1-14(5-8-22(29)30-4)17-6-7-18-23-19(13-21(28)25(17,18)3)24(2)10-9-16(26)11-15(24)12-20(23)27/h14-21,23,27-28H,5-13,26H2,1-4H3/t14-,15+,16+,17-,18+,19+,20-,21+,23+,24+,25-/m1/s1. The molecule has 5 nitrogen and oxygen atoms in total. The second-order valence-electron chi connectivity index (χ2n) is 11.7. The van der Waals surface area contributed by atoms with Gasteiger partial charge in [0.25, 0.3) is 0 Å². The van der Waals surface area contributed by atoms with Crippen LogP contribution in [0.15, 0.2) is 0 Å². The van der Waals surface area contributed by atoms with Gasteiger partial charge in [0.1, 0.15) is 0 Å². The van der Waals surface area contributed by atoms with Gasteiger partial charge in [-0.1, -0.05) is 20.8 Å². The van der Waals surface area contributed by atoms with Gasteiger partial charge in [-0.15, -0.1) is 0 Å². The summed E-state index contributed by atoms with van der Waals surface area (Å²) in [5.41, 5.74) is 6.31. The maximum absolute atomic E-state index is 11.7. The number of hydrogen-bond donors (Lipinski definition) is 3. The molecule has 4 N–H and O–H groups in total. The van der Waals surface area contributed by atoms with Crippen molar-refractivity contribution in [3.05, 3.63) is 0 Å². The number of aliphatic hydroxyl groups excluding tert-OH is 2. The molecule has 0 aromatic rings. The quantitative estimate of drug-likeness (QED) is 0.604. The number of fused-ring (bicyclic) bond motifs is 5. The van der Waals surface area contributed by atoms with Crippen LogP contribution in [0, 0.1) is 46.3 Å². The van der Waals surface area contributed by atoms with E-state index in [1.54, 1.807) is 0 Å². The number of carbonyl (C=O) groups is 1. The summed E-state index contributed by atoms with van der Waals surface area (Å²) in [6, 6.07) is 0.261. The van der Waals surface area contributed by atoms with E-state index in [1.807, 2.05) is 0 Å². The highest BCUT2D eigenvalue weighted by molar-refractivity contribution is 5.69. The van der Waals surface area contributed by atoms with Gasteiger partial charge in [0.2, 0.25) is 0 Å². The SMILES string of the molecule is COC(=O)CC[C@@H](C)[C@H]1CC[C@H]2[C@@H]3[C@H](O)C[C@@H]4C[C@@H](N)CC[C@]4(C)[C@H]3C[C@H](O)[C@]12C. The Labute approximate surface area is 182 Å². The molecule has 0 aromatic carbocycles. The summed E-state index contributed by atoms with van der Waals surface area (Å²) in [6.45, 7) is 6.94. The Morgan fingerprint density at radius 1 is 1.13 bits per heavy atom. The summed E-state index contributed by atoms with van der Waals surface area (Å²) in [6.07, 6.45) is 7.69. The summed E-state index contributed by atoms with van der Waals surface area (Å²) in [7, 11) is 1.45. The molecule has 0 radical (unpaired) electrons. The number of aliphatic hydroxyl groups is 2. The fourth-order valence-corrected chi connectivity index (χ4v) is 8.84. The number of ether oxygens (including phenoxy) is 1. The van der Waals surface area contributed by atoms with Crippen molar-refractivity contribution in [1.29, 1.82) is 0 Å². The lowest BCUT2D eigenvalue weighted by atomic mass is 9.43. The van der Waals surface area contributed by atoms with Crippen molar-refractivity contribution in [2.45, 2.75) is 96.8 Å². The van der Waals surface area contributed by atoms with Crippen molar-refractivity contribution in [3.8, 4) is 0 Å². The fraction of sp³-hybridized carbons (Fsp3) is 0.960. The molecule has 0 saturated heterocycles. The van der Waals surface area contributed by atoms with E-state index in [2.05, 4.69) is 20.8 Å². The molecular weight excluding hydrogens is 378 g/mol. The van der Waals surface area contributed by atoms with E-state index in [0.717, 1.165) is 51.4 Å². The minimum absolute atomic E-state index is 0.150. The molecule has 0 bridgehead atoms. The summed E-state index contributed by atoms with van der Waals surface area (Å²) in [5.74, 6) is 2.11. The van der Waals surface area contributed by atoms with Gasteiger partial charge in [-0.25, -0.2) is 0 Å². The first-order chi connectivity index (χ1) is 14.1. The minimum Gasteiger partial charge on any atom is -0.469 e. The predicted molar refractivity (Wildman–Crippen MR) is 116 cm³/mol. The molecule has 0 unspecified atom stereocenters. The topological polar surface area (TPSA) is 92.8 Å². The van der Waals surface area contributed by atoms with Crippen molar-refractivity contribution in [2.24, 2.45) is 52.1 Å². The van der Waals surface area contributed by atoms with Crippen LogP contribution in [0.1, 0.15) is 78.6 Å². The molecular formula is C25H43NO4. The maximum atomic E-state index is 11.7. The van der Waals surface area contributed by atoms with Crippen LogP contribution in [0.4, 0.5) is 0 Å². The van der Waals surface area contributed by atoms with Crippen molar-refractivity contribution >= 4 is 5.97 Å². The monoisotopic (exact) mass is 421 g/mol. The van der Waals surface area contributed by atoms with E-state index >= 15 is 0 Å². The van der Waals surface area contributed by atoms with Gasteiger partial charge < -0.3 is 20.7 Å². The van der Waals surface area contributed by atoms with Crippen LogP contribution >= 0.6 is 0 Å². The van der Waals surface area contributed by atoms with Crippen LogP contribution in [-0.2, 0) is 9.53 Å². The van der Waals surface area contributed by atoms with Gasteiger partial charge in [0, 0.05) is 12.5 Å². The van der Waals surface area contributed by atoms with Gasteiger partial charge in [0.15, 0.2) is 0 Å². The lowest BCUT2D eigenvalue weighted by Gasteiger charge is -2.63. The smallest absolute Gasteiger partial charge is 0.305 e. The van der Waals surface area contributed by atoms with E-state index in [-0.39, 0.29) is 41.0 Å². The van der Waals surface area contributed by atoms with E-state index in [4.69, 9.17) is 10.5 Å². The van der Waals surface area contributed by atoms with Gasteiger partial charge in [-0.2, -0.15) is 0 Å². The molecule has 0 aromatic heterocycles. The number of hydrogen-bond acceptors (Lipinski definition) is 5. The van der Waals surface area contributed by atoms with Crippen LogP contribution in [0.25, 0.3) is 0 Å². The second kappa shape index (κ2) is 8.04. The summed E-state index contributed by atoms with van der Waals surface area (Å²) < 4.78 is 4.84. The highest BCUT2D eigenvalue weighted by Gasteiger charge is 2.65. The van der Waals surface area contributed by atoms with Crippen molar-refractivity contribution < 1.29 is 19.7 Å². The van der Waals surface area contributed by atoms with Gasteiger partial charge >= 0.3 is 5.97 Å². The molecule has 0 amide bonds. The van der Waals surface area contributed by atoms with E-state index < -0.39 is 0 Å². The van der Waals surface area contributed by atoms with Gasteiger partial charge in [0.05, 0.1) is 19.3 Å². The molecule has 4 rings (SSSR count). The Bertz CT molecular complexity index is 655. The van der Waals surface area contributed by atoms with Crippen LogP contribution in [0.3, 0.4) is 0 Å². The Morgan fingerprint density at radius 3 is 2.57 bits per heavy atom. The number of rotatable bonds is 4. The van der Waals surface area contributed by atoms with E-state index in [0.29, 0.717) is 36.0 Å². The molecule has 0 aliphatic heterocycles. The Kier molecular flexibility index (Phi) is 6.04. The number of methoxy groups -OCH3 is 1. The lowest BCUT2D eigenvalue weighted by Crippen LogP contribution is -2.62. The Balaban J connectivity index is 1.58. The number of carbonyl (C=O) groups excluding carboxylic acids is 1. The zero-order valence-electron chi connectivity index (χ0n) is 19.3. The van der Waals surface area contributed by atoms with Crippen LogP contribution in [0.5, 0.6) is 0 Å². The molecule has 4 saturated carbocycles. The van der Waals surface area contributed by atoms with Gasteiger partial charge in [-0.05, 0) is 97.7 Å². The molecule has 172 valence electrons. The molecule has 11 atom stereocenters. The first-order valence-electron chi connectivity index (χ1n) is 12.3. The normalized spacial score (nSPS) is 51.4. The van der Waals surface area contributed by atoms with Crippen molar-refractivity contribution in [2.75, 3.05) is 7.11 Å². The average molecular weight is 422 g/mol. The largest absolute Gasteiger partial charge is 0.469 e. The average Bonchev–Trinajstić information content (AvgIpc) is 3.06. The third kappa shape index (κ3) is 3.34. The fourth-order valence-electron chi connectivity index (χ4n) is 8.84. The zero-order chi connectivity index (χ0) is 21.8. The molecule has 4 fully saturated rings. The molecule has 4 aliphatic carbocycles. The van der Waals surface area contributed by atoms with Crippen LogP contribution in [0.2, 0.25) is 0 Å². The van der Waals surface area contributed by atoms with Crippen LogP contribution in [-0.4, -0.2) is 41.5 Å². The third-order valence-electron chi connectivity index (χ3n) is 10.6. The predicted octanol–water partition coefficient (Wildman–Crippen LogP) is 3.50. The summed E-state index contributed by atoms with van der Waals surface area (Å²) in [4.78, 5) is 11.7. The summed E-state index contributed by atoms with van der Waals surface area (Å²) in [5, 5.41) is 22.9. The number of nitrogens with two attached hydrogens (primary N) is 1. The Morgan fingerprint density at radius 2 is 1.87 bits per heavy atom. The first-order valence-corrected chi connectivity index (χ1v) is 12.3. The molecule has 0 spiro atoms. The lowest BCUT2D eigenvalue weighted by molar-refractivity contribution is -0.202. The second-order valence-corrected chi connectivity index (χ2v) is 11.7. The maximum Gasteiger partial charge on any atom is 0.305 e. The third-order valence-corrected chi connectivity index (χ3v) is 10.6. The summed E-state index contributed by atoms with van der Waals surface area (Å²) >= 11 is 0. The van der Waals surface area contributed by atoms with Crippen LogP contribution < -0.4 is 5.73 Å². The molecule has 30 heavy (non-hydrogen) atoms. The van der Waals surface area contributed by atoms with Crippen molar-refractivity contribution in [3.63, 3.8) is 0 Å². The number of esters is 1. The van der Waals surface area contributed by atoms with E-state index in [1.165, 1.54) is 7.11 Å². The zero-order valence-corrected chi connectivity index (χ0v) is 19.3. The molecule has 4 aliphatic rings.